The molecule has 0 amide bonds. The van der Waals surface area contributed by atoms with Crippen molar-refractivity contribution in [1.29, 1.82) is 5.26 Å². The Bertz CT molecular complexity index is 1020. The Labute approximate surface area is 188 Å². The summed E-state index contributed by atoms with van der Waals surface area (Å²) in [5, 5.41) is 12.9. The number of benzene rings is 1. The highest BCUT2D eigenvalue weighted by Crippen LogP contribution is 2.28. The Hall–Kier alpha value is -3.41. The molecule has 166 valence electrons. The molecule has 1 aromatic heterocycles. The van der Waals surface area contributed by atoms with E-state index in [1.54, 1.807) is 13.3 Å². The van der Waals surface area contributed by atoms with E-state index in [-0.39, 0.29) is 6.10 Å². The summed E-state index contributed by atoms with van der Waals surface area (Å²) in [4.78, 5) is 11.1. The van der Waals surface area contributed by atoms with Crippen LogP contribution in [0.4, 0.5) is 5.95 Å². The van der Waals surface area contributed by atoms with Crippen LogP contribution < -0.4 is 10.1 Å². The predicted molar refractivity (Wildman–Crippen MR) is 121 cm³/mol. The first-order valence-electron chi connectivity index (χ1n) is 10.8. The van der Waals surface area contributed by atoms with Gasteiger partial charge >= 0.3 is 0 Å². The number of aromatic nitrogens is 2. The van der Waals surface area contributed by atoms with Gasteiger partial charge in [0.1, 0.15) is 17.9 Å². The van der Waals surface area contributed by atoms with Crippen LogP contribution in [0.2, 0.25) is 0 Å². The molecule has 4 rings (SSSR count). The van der Waals surface area contributed by atoms with E-state index in [0.717, 1.165) is 42.9 Å². The summed E-state index contributed by atoms with van der Waals surface area (Å²) >= 11 is 0. The largest absolute Gasteiger partial charge is 0.489 e. The Morgan fingerprint density at radius 2 is 2.16 bits per heavy atom. The fourth-order valence-corrected chi connectivity index (χ4v) is 3.61. The third-order valence-corrected chi connectivity index (χ3v) is 5.31. The van der Waals surface area contributed by atoms with E-state index in [1.807, 2.05) is 36.5 Å². The molecule has 32 heavy (non-hydrogen) atoms. The lowest BCUT2D eigenvalue weighted by Gasteiger charge is -2.24. The van der Waals surface area contributed by atoms with Crippen molar-refractivity contribution in [1.82, 2.24) is 14.9 Å². The Balaban J connectivity index is 1.48. The lowest BCUT2D eigenvalue weighted by Crippen LogP contribution is -2.26. The zero-order valence-corrected chi connectivity index (χ0v) is 18.2. The monoisotopic (exact) mass is 433 g/mol. The van der Waals surface area contributed by atoms with Crippen molar-refractivity contribution < 1.29 is 14.2 Å². The maximum Gasteiger partial charge on any atom is 0.227 e. The van der Waals surface area contributed by atoms with Gasteiger partial charge in [-0.3, -0.25) is 0 Å². The van der Waals surface area contributed by atoms with Crippen LogP contribution in [0.25, 0.3) is 11.3 Å². The average molecular weight is 434 g/mol. The maximum atomic E-state index is 9.65. The number of ether oxygens (including phenoxy) is 3. The van der Waals surface area contributed by atoms with E-state index in [9.17, 15) is 5.26 Å². The zero-order chi connectivity index (χ0) is 22.2. The second-order valence-electron chi connectivity index (χ2n) is 7.62. The highest BCUT2D eigenvalue weighted by atomic mass is 16.5. The van der Waals surface area contributed by atoms with Crippen molar-refractivity contribution in [3.63, 3.8) is 0 Å². The summed E-state index contributed by atoms with van der Waals surface area (Å²) in [5.41, 5.74) is 2.96. The van der Waals surface area contributed by atoms with E-state index in [4.69, 9.17) is 14.2 Å². The van der Waals surface area contributed by atoms with Crippen LogP contribution in [-0.2, 0) is 9.47 Å². The quantitative estimate of drug-likeness (QED) is 0.678. The molecule has 0 atom stereocenters. The van der Waals surface area contributed by atoms with E-state index < -0.39 is 0 Å². The van der Waals surface area contributed by atoms with Crippen LogP contribution in [0.5, 0.6) is 5.75 Å². The second-order valence-corrected chi connectivity index (χ2v) is 7.62. The van der Waals surface area contributed by atoms with Gasteiger partial charge in [-0.15, -0.1) is 0 Å². The highest BCUT2D eigenvalue weighted by molar-refractivity contribution is 5.65. The number of nitrogens with zero attached hydrogens (tertiary/aromatic N) is 4. The van der Waals surface area contributed by atoms with E-state index in [2.05, 4.69) is 32.3 Å². The fourth-order valence-electron chi connectivity index (χ4n) is 3.61. The van der Waals surface area contributed by atoms with E-state index in [1.165, 1.54) is 0 Å². The fraction of sp³-hybridized carbons (Fsp3) is 0.375. The first-order valence-corrected chi connectivity index (χ1v) is 10.8. The molecule has 1 saturated heterocycles. The topological polar surface area (TPSA) is 92.5 Å². The summed E-state index contributed by atoms with van der Waals surface area (Å²) < 4.78 is 16.6. The molecule has 0 unspecified atom stereocenters. The smallest absolute Gasteiger partial charge is 0.227 e. The number of hydrogen-bond donors (Lipinski definition) is 1. The Morgan fingerprint density at radius 3 is 2.97 bits per heavy atom. The molecule has 1 N–H and O–H groups in total. The second kappa shape index (κ2) is 10.8. The standard InChI is InChI=1S/C24H27N5O3/c1-30-14-11-29-10-2-3-20(17-29)27-24-26-9-6-22(28-24)18-4-5-23(19(15-18)16-25)32-21-7-12-31-13-8-21/h2-6,9,15,17,21H,7-8,10-14H2,1H3,(H,26,27,28). The molecule has 2 aliphatic rings. The minimum atomic E-state index is 0.0804. The highest BCUT2D eigenvalue weighted by Gasteiger charge is 2.17. The van der Waals surface area contributed by atoms with E-state index >= 15 is 0 Å². The summed E-state index contributed by atoms with van der Waals surface area (Å²) in [6.45, 7) is 3.70. The van der Waals surface area contributed by atoms with Gasteiger partial charge in [-0.1, -0.05) is 6.08 Å². The van der Waals surface area contributed by atoms with Crippen LogP contribution in [0, 0.1) is 11.3 Å². The van der Waals surface area contributed by atoms with Gasteiger partial charge in [0.25, 0.3) is 0 Å². The minimum absolute atomic E-state index is 0.0804. The molecule has 2 aromatic rings. The Kier molecular flexibility index (Phi) is 7.33. The minimum Gasteiger partial charge on any atom is -0.489 e. The molecular formula is C24H27N5O3. The van der Waals surface area contributed by atoms with Crippen LogP contribution in [-0.4, -0.2) is 61.0 Å². The molecule has 1 fully saturated rings. The number of rotatable bonds is 8. The van der Waals surface area contributed by atoms with Gasteiger partial charge in [0.15, 0.2) is 0 Å². The van der Waals surface area contributed by atoms with Crippen LogP contribution >= 0.6 is 0 Å². The maximum absolute atomic E-state index is 9.65. The van der Waals surface area contributed by atoms with E-state index in [0.29, 0.717) is 37.1 Å². The zero-order valence-electron chi connectivity index (χ0n) is 18.2. The average Bonchev–Trinajstić information content (AvgIpc) is 2.84. The summed E-state index contributed by atoms with van der Waals surface area (Å²) in [6, 6.07) is 9.66. The number of methoxy groups -OCH3 is 1. The molecule has 2 aliphatic heterocycles. The summed E-state index contributed by atoms with van der Waals surface area (Å²) in [7, 11) is 1.70. The van der Waals surface area contributed by atoms with Gasteiger partial charge in [0, 0.05) is 51.0 Å². The normalized spacial score (nSPS) is 16.4. The van der Waals surface area contributed by atoms with Crippen LogP contribution in [0.3, 0.4) is 0 Å². The predicted octanol–water partition coefficient (Wildman–Crippen LogP) is 3.34. The van der Waals surface area contributed by atoms with Crippen molar-refractivity contribution in [3.05, 3.63) is 60.1 Å². The molecule has 0 aliphatic carbocycles. The molecule has 0 spiro atoms. The van der Waals surface area contributed by atoms with Gasteiger partial charge < -0.3 is 24.4 Å². The van der Waals surface area contributed by atoms with Gasteiger partial charge in [0.2, 0.25) is 5.95 Å². The van der Waals surface area contributed by atoms with Gasteiger partial charge in [-0.25, -0.2) is 9.97 Å². The lowest BCUT2D eigenvalue weighted by atomic mass is 10.1. The van der Waals surface area contributed by atoms with Crippen LogP contribution in [0.15, 0.2) is 54.5 Å². The lowest BCUT2D eigenvalue weighted by molar-refractivity contribution is 0.0254. The number of anilines is 1. The summed E-state index contributed by atoms with van der Waals surface area (Å²) in [5.74, 6) is 1.09. The van der Waals surface area contributed by atoms with Gasteiger partial charge in [-0.05, 0) is 30.3 Å². The number of hydrogen-bond acceptors (Lipinski definition) is 8. The van der Waals surface area contributed by atoms with Crippen molar-refractivity contribution in [3.8, 4) is 23.1 Å². The van der Waals surface area contributed by atoms with Crippen molar-refractivity contribution in [2.75, 3.05) is 45.3 Å². The third-order valence-electron chi connectivity index (χ3n) is 5.31. The first kappa shape index (κ1) is 21.8. The molecule has 0 radical (unpaired) electrons. The molecule has 1 aromatic carbocycles. The molecule has 8 nitrogen and oxygen atoms in total. The van der Waals surface area contributed by atoms with Crippen molar-refractivity contribution >= 4 is 5.95 Å². The number of allylic oxidation sites excluding steroid dienone is 1. The molecule has 0 saturated carbocycles. The molecule has 3 heterocycles. The third kappa shape index (κ3) is 5.63. The van der Waals surface area contributed by atoms with Gasteiger partial charge in [-0.2, -0.15) is 5.26 Å². The SMILES string of the molecule is COCCN1C=C(Nc2nccc(-c3ccc(OC4CCOCC4)c(C#N)c3)n2)C=CC1. The van der Waals surface area contributed by atoms with Crippen LogP contribution in [0.1, 0.15) is 18.4 Å². The summed E-state index contributed by atoms with van der Waals surface area (Å²) in [6.07, 6.45) is 9.58. The molecular weight excluding hydrogens is 406 g/mol. The Morgan fingerprint density at radius 1 is 1.28 bits per heavy atom. The number of nitrogens with one attached hydrogen (secondary N) is 1. The van der Waals surface area contributed by atoms with Gasteiger partial charge in [0.05, 0.1) is 36.8 Å². The number of nitriles is 1. The van der Waals surface area contributed by atoms with Crippen molar-refractivity contribution in [2.24, 2.45) is 0 Å². The first-order chi connectivity index (χ1) is 15.7. The molecule has 0 bridgehead atoms. The van der Waals surface area contributed by atoms with Crippen molar-refractivity contribution in [2.45, 2.75) is 18.9 Å². The molecule has 8 heteroatoms.